The molecule has 3 aromatic rings. The number of hydrogen-bond donors (Lipinski definition) is 2. The van der Waals surface area contributed by atoms with Crippen molar-refractivity contribution in [3.8, 4) is 0 Å². The molecule has 0 saturated carbocycles. The molecule has 3 aromatic carbocycles. The Morgan fingerprint density at radius 2 is 1.18 bits per heavy atom. The Hall–Kier alpha value is -2.58. The number of rotatable bonds is 11. The molecule has 1 saturated heterocycles. The zero-order valence-electron chi connectivity index (χ0n) is 18.5. The van der Waals surface area contributed by atoms with E-state index in [-0.39, 0.29) is 13.2 Å². The van der Waals surface area contributed by atoms with Gasteiger partial charge in [0, 0.05) is 0 Å². The summed E-state index contributed by atoms with van der Waals surface area (Å²) in [7, 11) is 0. The minimum absolute atomic E-state index is 0.182. The third-order valence-corrected chi connectivity index (χ3v) is 5.64. The number of benzene rings is 3. The first-order chi connectivity index (χ1) is 16.2. The van der Waals surface area contributed by atoms with Gasteiger partial charge in [0.2, 0.25) is 5.79 Å². The lowest BCUT2D eigenvalue weighted by Gasteiger charge is -2.29. The number of hydrogen-bond acceptors (Lipinski definition) is 6. The van der Waals surface area contributed by atoms with Gasteiger partial charge in [-0.15, -0.1) is 0 Å². The van der Waals surface area contributed by atoms with Gasteiger partial charge in [-0.05, 0) is 16.7 Å². The van der Waals surface area contributed by atoms with Gasteiger partial charge < -0.3 is 29.2 Å². The summed E-state index contributed by atoms with van der Waals surface area (Å²) in [6.45, 7) is 0.532. The fraction of sp³-hybridized carbons (Fsp3) is 0.333. The lowest BCUT2D eigenvalue weighted by molar-refractivity contribution is -0.259. The van der Waals surface area contributed by atoms with Crippen molar-refractivity contribution in [3.63, 3.8) is 0 Å². The molecule has 0 aromatic heterocycles. The van der Waals surface area contributed by atoms with Gasteiger partial charge in [-0.25, -0.2) is 0 Å². The predicted octanol–water partition coefficient (Wildman–Crippen LogP) is 3.45. The Kier molecular flexibility index (Phi) is 8.23. The van der Waals surface area contributed by atoms with Gasteiger partial charge in [0.15, 0.2) is 0 Å². The smallest absolute Gasteiger partial charge is 0.219 e. The fourth-order valence-electron chi connectivity index (χ4n) is 3.92. The second-order valence-corrected chi connectivity index (χ2v) is 8.14. The molecule has 1 aliphatic heterocycles. The first-order valence-corrected chi connectivity index (χ1v) is 11.1. The van der Waals surface area contributed by atoms with E-state index >= 15 is 0 Å². The maximum Gasteiger partial charge on any atom is 0.219 e. The number of aliphatic hydroxyl groups excluding tert-OH is 1. The second kappa shape index (κ2) is 11.5. The fourth-order valence-corrected chi connectivity index (χ4v) is 3.92. The van der Waals surface area contributed by atoms with Crippen molar-refractivity contribution in [2.75, 3.05) is 13.2 Å². The molecule has 6 nitrogen and oxygen atoms in total. The van der Waals surface area contributed by atoms with Crippen LogP contribution >= 0.6 is 0 Å². The highest BCUT2D eigenvalue weighted by molar-refractivity contribution is 5.15. The van der Waals surface area contributed by atoms with Gasteiger partial charge >= 0.3 is 0 Å². The van der Waals surface area contributed by atoms with E-state index in [2.05, 4.69) is 0 Å². The molecule has 1 heterocycles. The van der Waals surface area contributed by atoms with Gasteiger partial charge in [-0.1, -0.05) is 91.0 Å². The average molecular weight is 451 g/mol. The Labute approximate surface area is 194 Å². The molecule has 2 N–H and O–H groups in total. The van der Waals surface area contributed by atoms with Crippen LogP contribution in [-0.2, 0) is 38.8 Å². The lowest BCUT2D eigenvalue weighted by atomic mass is 10.0. The molecule has 0 spiro atoms. The van der Waals surface area contributed by atoms with Gasteiger partial charge in [0.05, 0.1) is 33.0 Å². The minimum atomic E-state index is -1.89. The van der Waals surface area contributed by atoms with E-state index < -0.39 is 30.7 Å². The molecule has 6 heteroatoms. The van der Waals surface area contributed by atoms with Crippen molar-refractivity contribution < 1.29 is 29.2 Å². The first kappa shape index (κ1) is 23.6. The van der Waals surface area contributed by atoms with E-state index in [1.807, 2.05) is 91.0 Å². The van der Waals surface area contributed by atoms with Crippen LogP contribution in [0.5, 0.6) is 0 Å². The summed E-state index contributed by atoms with van der Waals surface area (Å²) in [5.74, 6) is -1.89. The first-order valence-electron chi connectivity index (χ1n) is 11.1. The molecule has 4 rings (SSSR count). The highest BCUT2D eigenvalue weighted by atomic mass is 16.7. The Bertz CT molecular complexity index is 952. The van der Waals surface area contributed by atoms with E-state index in [4.69, 9.17) is 18.9 Å². The van der Waals surface area contributed by atoms with E-state index in [1.54, 1.807) is 0 Å². The van der Waals surface area contributed by atoms with E-state index in [0.717, 1.165) is 16.7 Å². The largest absolute Gasteiger partial charge is 0.391 e. The lowest BCUT2D eigenvalue weighted by Crippen LogP contribution is -2.48. The summed E-state index contributed by atoms with van der Waals surface area (Å²) >= 11 is 0. The molecule has 4 atom stereocenters. The molecule has 0 amide bonds. The van der Waals surface area contributed by atoms with Crippen LogP contribution in [0.25, 0.3) is 0 Å². The predicted molar refractivity (Wildman–Crippen MR) is 123 cm³/mol. The topological polar surface area (TPSA) is 77.4 Å². The van der Waals surface area contributed by atoms with Gasteiger partial charge in [0.1, 0.15) is 18.3 Å². The molecule has 1 aliphatic rings. The van der Waals surface area contributed by atoms with Crippen molar-refractivity contribution >= 4 is 0 Å². The molecule has 1 fully saturated rings. The third-order valence-electron chi connectivity index (χ3n) is 5.64. The van der Waals surface area contributed by atoms with Crippen LogP contribution in [0.2, 0.25) is 0 Å². The maximum absolute atomic E-state index is 11.1. The summed E-state index contributed by atoms with van der Waals surface area (Å²) in [4.78, 5) is 0. The molecule has 0 radical (unpaired) electrons. The zero-order chi connectivity index (χ0) is 22.9. The van der Waals surface area contributed by atoms with Crippen molar-refractivity contribution in [1.29, 1.82) is 0 Å². The summed E-state index contributed by atoms with van der Waals surface area (Å²) in [5.41, 5.74) is 2.97. The molecular weight excluding hydrogens is 420 g/mol. The van der Waals surface area contributed by atoms with E-state index in [1.165, 1.54) is 0 Å². The van der Waals surface area contributed by atoms with Gasteiger partial charge in [-0.2, -0.15) is 0 Å². The van der Waals surface area contributed by atoms with E-state index in [9.17, 15) is 10.2 Å². The van der Waals surface area contributed by atoms with Crippen LogP contribution in [0.15, 0.2) is 91.0 Å². The van der Waals surface area contributed by atoms with Crippen molar-refractivity contribution in [1.82, 2.24) is 0 Å². The van der Waals surface area contributed by atoms with Crippen LogP contribution in [-0.4, -0.2) is 47.5 Å². The monoisotopic (exact) mass is 450 g/mol. The zero-order valence-corrected chi connectivity index (χ0v) is 18.5. The molecule has 0 aliphatic carbocycles. The van der Waals surface area contributed by atoms with Crippen molar-refractivity contribution in [3.05, 3.63) is 108 Å². The normalized spacial score (nSPS) is 24.7. The number of aliphatic hydroxyl groups is 2. The number of ether oxygens (including phenoxy) is 4. The SMILES string of the molecule is OC[C@]1(O)O[C@@H](COCc2ccccc2)[C@H](OCc2ccccc2)[C@H]1OCc1ccccc1. The van der Waals surface area contributed by atoms with Crippen LogP contribution in [0.1, 0.15) is 16.7 Å². The minimum Gasteiger partial charge on any atom is -0.391 e. The highest BCUT2D eigenvalue weighted by Gasteiger charge is 2.56. The Morgan fingerprint density at radius 1 is 0.697 bits per heavy atom. The van der Waals surface area contributed by atoms with Crippen LogP contribution in [0, 0.1) is 0 Å². The Balaban J connectivity index is 1.47. The molecular formula is C27H30O6. The Morgan fingerprint density at radius 3 is 1.70 bits per heavy atom. The maximum atomic E-state index is 11.1. The second-order valence-electron chi connectivity index (χ2n) is 8.14. The van der Waals surface area contributed by atoms with Gasteiger partial charge in [0.25, 0.3) is 0 Å². The summed E-state index contributed by atoms with van der Waals surface area (Å²) in [6.07, 6.45) is -2.14. The van der Waals surface area contributed by atoms with Crippen LogP contribution in [0.4, 0.5) is 0 Å². The van der Waals surface area contributed by atoms with Crippen LogP contribution < -0.4 is 0 Å². The highest BCUT2D eigenvalue weighted by Crippen LogP contribution is 2.35. The summed E-state index contributed by atoms with van der Waals surface area (Å²) in [5, 5.41) is 21.0. The average Bonchev–Trinajstić information content (AvgIpc) is 3.14. The van der Waals surface area contributed by atoms with Gasteiger partial charge in [-0.3, -0.25) is 0 Å². The van der Waals surface area contributed by atoms with E-state index in [0.29, 0.717) is 13.2 Å². The molecule has 0 unspecified atom stereocenters. The van der Waals surface area contributed by atoms with Crippen molar-refractivity contribution in [2.45, 2.75) is 43.9 Å². The molecule has 33 heavy (non-hydrogen) atoms. The van der Waals surface area contributed by atoms with Crippen LogP contribution in [0.3, 0.4) is 0 Å². The molecule has 174 valence electrons. The standard InChI is InChI=1S/C27H30O6/c28-20-27(29)26(32-18-23-14-8-3-9-15-23)25(31-17-22-12-6-2-7-13-22)24(33-27)19-30-16-21-10-4-1-5-11-21/h1-15,24-26,28-29H,16-20H2/t24-,25-,26+,27-/m0/s1. The quantitative estimate of drug-likeness (QED) is 0.466. The molecule has 0 bridgehead atoms. The summed E-state index contributed by atoms with van der Waals surface area (Å²) in [6, 6.07) is 29.2. The third kappa shape index (κ3) is 6.26. The van der Waals surface area contributed by atoms with Crippen molar-refractivity contribution in [2.24, 2.45) is 0 Å². The summed E-state index contributed by atoms with van der Waals surface area (Å²) < 4.78 is 24.0.